The van der Waals surface area contributed by atoms with Gasteiger partial charge in [0.25, 0.3) is 0 Å². The average Bonchev–Trinajstić information content (AvgIpc) is 2.85. The van der Waals surface area contributed by atoms with E-state index in [1.807, 2.05) is 0 Å². The molecule has 0 bridgehead atoms. The molecule has 0 aliphatic rings. The van der Waals surface area contributed by atoms with Gasteiger partial charge in [0.1, 0.15) is 13.1 Å². The Morgan fingerprint density at radius 1 is 0.444 bits per heavy atom. The Bertz CT molecular complexity index is 563. The Labute approximate surface area is 228 Å². The Morgan fingerprint density at radius 3 is 1.03 bits per heavy atom. The summed E-state index contributed by atoms with van der Waals surface area (Å²) in [5, 5.41) is 0. The highest BCUT2D eigenvalue weighted by atomic mass is 15.3. The molecule has 0 unspecified atom stereocenters. The van der Waals surface area contributed by atoms with Gasteiger partial charge in [-0.2, -0.15) is 0 Å². The first kappa shape index (κ1) is 33.2. The van der Waals surface area contributed by atoms with Crippen LogP contribution in [0.5, 0.6) is 0 Å². The monoisotopic (exact) mass is 503 g/mol. The van der Waals surface area contributed by atoms with Crippen LogP contribution in [0.1, 0.15) is 142 Å². The lowest BCUT2D eigenvalue weighted by atomic mass is 10.1. The second-order valence-corrected chi connectivity index (χ2v) is 12.5. The molecule has 0 fully saturated rings. The highest BCUT2D eigenvalue weighted by molar-refractivity contribution is 5.22. The normalized spacial score (nSPS) is 12.4. The molecule has 0 amide bonds. The van der Waals surface area contributed by atoms with E-state index in [1.54, 1.807) is 11.1 Å². The van der Waals surface area contributed by atoms with Gasteiger partial charge in [-0.05, 0) is 57.4 Å². The summed E-state index contributed by atoms with van der Waals surface area (Å²) in [6.07, 6.45) is 22.0. The molecular formula is C34H66N2+2. The van der Waals surface area contributed by atoms with Crippen LogP contribution < -0.4 is 0 Å². The first-order chi connectivity index (χ1) is 17.4. The van der Waals surface area contributed by atoms with Crippen LogP contribution >= 0.6 is 0 Å². The number of quaternary nitrogens is 2. The van der Waals surface area contributed by atoms with Crippen LogP contribution in [0.4, 0.5) is 0 Å². The quantitative estimate of drug-likeness (QED) is 0.0974. The van der Waals surface area contributed by atoms with Gasteiger partial charge in [0.05, 0.1) is 40.3 Å². The van der Waals surface area contributed by atoms with Gasteiger partial charge in [0, 0.05) is 11.1 Å². The van der Waals surface area contributed by atoms with Crippen molar-refractivity contribution in [2.75, 3.05) is 40.3 Å². The molecule has 1 rings (SSSR count). The smallest absolute Gasteiger partial charge is 0.104 e. The zero-order chi connectivity index (χ0) is 26.5. The van der Waals surface area contributed by atoms with Crippen molar-refractivity contribution in [3.63, 3.8) is 0 Å². The SMILES string of the molecule is CCCCCC[N+](C)(CCCCCC)Cc1cccc(C[N+](C)(CCCCCC)CCCCCC)c1. The molecule has 0 aromatic heterocycles. The highest BCUT2D eigenvalue weighted by Crippen LogP contribution is 2.21. The second kappa shape index (κ2) is 20.1. The zero-order valence-electron chi connectivity index (χ0n) is 25.8. The maximum atomic E-state index is 2.57. The van der Waals surface area contributed by atoms with Gasteiger partial charge in [-0.3, -0.25) is 0 Å². The van der Waals surface area contributed by atoms with E-state index in [4.69, 9.17) is 0 Å². The minimum Gasteiger partial charge on any atom is -0.322 e. The first-order valence-corrected chi connectivity index (χ1v) is 16.1. The maximum absolute atomic E-state index is 2.57. The molecule has 0 radical (unpaired) electrons. The van der Waals surface area contributed by atoms with Gasteiger partial charge < -0.3 is 8.97 Å². The molecule has 0 N–H and O–H groups in total. The molecule has 1 aromatic rings. The predicted octanol–water partition coefficient (Wildman–Crippen LogP) is 9.90. The molecule has 0 heterocycles. The average molecular weight is 503 g/mol. The largest absolute Gasteiger partial charge is 0.322 e. The van der Waals surface area contributed by atoms with E-state index in [0.29, 0.717) is 0 Å². The van der Waals surface area contributed by atoms with E-state index < -0.39 is 0 Å². The summed E-state index contributed by atoms with van der Waals surface area (Å²) < 4.78 is 2.44. The minimum atomic E-state index is 1.20. The number of nitrogens with zero attached hydrogens (tertiary/aromatic N) is 2. The summed E-state index contributed by atoms with van der Waals surface area (Å²) in [5.41, 5.74) is 3.12. The fourth-order valence-electron chi connectivity index (χ4n) is 5.93. The topological polar surface area (TPSA) is 0 Å². The van der Waals surface area contributed by atoms with Gasteiger partial charge in [0.15, 0.2) is 0 Å². The van der Waals surface area contributed by atoms with Crippen LogP contribution in [-0.2, 0) is 13.1 Å². The van der Waals surface area contributed by atoms with E-state index in [-0.39, 0.29) is 0 Å². The number of unbranched alkanes of at least 4 members (excludes halogenated alkanes) is 12. The van der Waals surface area contributed by atoms with E-state index in [0.717, 1.165) is 0 Å². The summed E-state index contributed by atoms with van der Waals surface area (Å²) in [4.78, 5) is 0. The maximum Gasteiger partial charge on any atom is 0.104 e. The van der Waals surface area contributed by atoms with Crippen molar-refractivity contribution in [2.45, 2.75) is 144 Å². The first-order valence-electron chi connectivity index (χ1n) is 16.1. The fourth-order valence-corrected chi connectivity index (χ4v) is 5.93. The summed E-state index contributed by atoms with van der Waals surface area (Å²) >= 11 is 0. The van der Waals surface area contributed by atoms with Crippen molar-refractivity contribution in [2.24, 2.45) is 0 Å². The highest BCUT2D eigenvalue weighted by Gasteiger charge is 2.24. The Kier molecular flexibility index (Phi) is 18.6. The Morgan fingerprint density at radius 2 is 0.750 bits per heavy atom. The van der Waals surface area contributed by atoms with Gasteiger partial charge in [0.2, 0.25) is 0 Å². The number of benzene rings is 1. The fraction of sp³-hybridized carbons (Fsp3) is 0.824. The number of rotatable bonds is 24. The van der Waals surface area contributed by atoms with Gasteiger partial charge >= 0.3 is 0 Å². The molecule has 36 heavy (non-hydrogen) atoms. The summed E-state index contributed by atoms with van der Waals surface area (Å²) in [5.74, 6) is 0. The van der Waals surface area contributed by atoms with Crippen LogP contribution in [0.25, 0.3) is 0 Å². The van der Waals surface area contributed by atoms with E-state index in [1.165, 1.54) is 151 Å². The Hall–Kier alpha value is -0.860. The predicted molar refractivity (Wildman–Crippen MR) is 162 cm³/mol. The molecule has 0 saturated heterocycles. The molecule has 0 aliphatic heterocycles. The van der Waals surface area contributed by atoms with Crippen LogP contribution in [-0.4, -0.2) is 49.2 Å². The van der Waals surface area contributed by atoms with Crippen LogP contribution in [0.15, 0.2) is 24.3 Å². The van der Waals surface area contributed by atoms with Crippen molar-refractivity contribution in [3.8, 4) is 0 Å². The van der Waals surface area contributed by atoms with Crippen molar-refractivity contribution in [3.05, 3.63) is 35.4 Å². The van der Waals surface area contributed by atoms with E-state index in [9.17, 15) is 0 Å². The van der Waals surface area contributed by atoms with Crippen LogP contribution in [0, 0.1) is 0 Å². The van der Waals surface area contributed by atoms with E-state index >= 15 is 0 Å². The minimum absolute atomic E-state index is 1.20. The molecular weight excluding hydrogens is 436 g/mol. The lowest BCUT2D eigenvalue weighted by molar-refractivity contribution is -0.923. The van der Waals surface area contributed by atoms with E-state index in [2.05, 4.69) is 66.1 Å². The standard InChI is InChI=1S/C34H66N2/c1-7-11-15-19-26-35(5,27-20-16-12-8-2)31-33-24-23-25-34(30-33)32-36(6,28-21-17-13-9-3)29-22-18-14-10-4/h23-25,30H,7-22,26-29,31-32H2,1-6H3/q+2. The summed E-state index contributed by atoms with van der Waals surface area (Å²) in [7, 11) is 5.07. The lowest BCUT2D eigenvalue weighted by Crippen LogP contribution is -2.45. The van der Waals surface area contributed by atoms with Crippen molar-refractivity contribution >= 4 is 0 Å². The third-order valence-electron chi connectivity index (χ3n) is 8.33. The summed E-state index contributed by atoms with van der Waals surface area (Å²) in [6, 6.07) is 9.74. The van der Waals surface area contributed by atoms with Crippen molar-refractivity contribution in [1.29, 1.82) is 0 Å². The van der Waals surface area contributed by atoms with Gasteiger partial charge in [-0.1, -0.05) is 97.3 Å². The van der Waals surface area contributed by atoms with Crippen molar-refractivity contribution < 1.29 is 8.97 Å². The van der Waals surface area contributed by atoms with Gasteiger partial charge in [-0.15, -0.1) is 0 Å². The third kappa shape index (κ3) is 15.4. The lowest BCUT2D eigenvalue weighted by Gasteiger charge is -2.36. The number of hydrogen-bond acceptors (Lipinski definition) is 0. The number of hydrogen-bond donors (Lipinski definition) is 0. The third-order valence-corrected chi connectivity index (χ3v) is 8.33. The molecule has 1 aromatic carbocycles. The molecule has 2 nitrogen and oxygen atoms in total. The molecule has 2 heteroatoms. The van der Waals surface area contributed by atoms with Crippen LogP contribution in [0.2, 0.25) is 0 Å². The molecule has 0 saturated carbocycles. The second-order valence-electron chi connectivity index (χ2n) is 12.5. The summed E-state index contributed by atoms with van der Waals surface area (Å²) in [6.45, 7) is 17.0. The zero-order valence-corrected chi connectivity index (χ0v) is 25.8. The molecule has 210 valence electrons. The van der Waals surface area contributed by atoms with Crippen molar-refractivity contribution in [1.82, 2.24) is 0 Å². The molecule has 0 aliphatic carbocycles. The van der Waals surface area contributed by atoms with Crippen LogP contribution in [0.3, 0.4) is 0 Å². The van der Waals surface area contributed by atoms with Gasteiger partial charge in [-0.25, -0.2) is 0 Å². The molecule has 0 atom stereocenters. The molecule has 0 spiro atoms. The Balaban J connectivity index is 2.88.